The SMILES string of the molecule is CC(C)=CCC[C@](C)(O[C@H]1O[C@@H](CO[C@H]2O[C@H](CO)[C@@H](O)[C@H](O)[C@@H]2O)[C@H](O)[C@@H](O)[C@@H]1O)[C@H]1CC[C@]2(C)[C@@H]1[C@@H](O)C[C@@H]1[C@@]2(C)[C@H](O)C=C2C(C)(C)[C@@H](O[C@H]3O[C@@H](CO)[C@@H](O)[C@H](O)[C@H]3O[C@@H]3O[C@@H](CO)[C@@H](O)[C@@H](O)[C@H]3O)CC[C@@]21C. The molecule has 8 rings (SSSR count). The first-order valence-corrected chi connectivity index (χ1v) is 27.7. The van der Waals surface area contributed by atoms with Gasteiger partial charge in [0, 0.05) is 10.8 Å². The van der Waals surface area contributed by atoms with E-state index >= 15 is 0 Å². The van der Waals surface area contributed by atoms with E-state index in [9.17, 15) is 81.7 Å². The van der Waals surface area contributed by atoms with E-state index in [0.29, 0.717) is 38.5 Å². The zero-order chi connectivity index (χ0) is 57.5. The van der Waals surface area contributed by atoms with Crippen LogP contribution in [0.15, 0.2) is 23.3 Å². The van der Waals surface area contributed by atoms with Crippen molar-refractivity contribution in [3.8, 4) is 0 Å². The third-order valence-electron chi connectivity index (χ3n) is 20.3. The molecule has 78 heavy (non-hydrogen) atoms. The number of hydrogen-bond donors (Lipinski definition) is 16. The van der Waals surface area contributed by atoms with Crippen LogP contribution < -0.4 is 0 Å². The second kappa shape index (κ2) is 23.5. The summed E-state index contributed by atoms with van der Waals surface area (Å²) in [4.78, 5) is 0. The molecule has 24 heteroatoms. The van der Waals surface area contributed by atoms with Gasteiger partial charge >= 0.3 is 0 Å². The molecule has 450 valence electrons. The van der Waals surface area contributed by atoms with Crippen LogP contribution in [-0.4, -0.2) is 255 Å². The second-order valence-corrected chi connectivity index (χ2v) is 25.4. The van der Waals surface area contributed by atoms with Crippen molar-refractivity contribution in [3.63, 3.8) is 0 Å². The number of allylic oxidation sites excluding steroid dienone is 2. The van der Waals surface area contributed by atoms with Gasteiger partial charge in [-0.2, -0.15) is 0 Å². The fraction of sp³-hybridized carbons (Fsp3) is 0.926. The monoisotopic (exact) mass is 1120 g/mol. The van der Waals surface area contributed by atoms with E-state index in [1.165, 1.54) is 0 Å². The largest absolute Gasteiger partial charge is 0.394 e. The summed E-state index contributed by atoms with van der Waals surface area (Å²) in [7, 11) is 0. The fourth-order valence-electron chi connectivity index (χ4n) is 15.5. The Morgan fingerprint density at radius 2 is 1.13 bits per heavy atom. The van der Waals surface area contributed by atoms with Crippen molar-refractivity contribution in [2.75, 3.05) is 26.4 Å². The highest BCUT2D eigenvalue weighted by molar-refractivity contribution is 5.36. The van der Waals surface area contributed by atoms with E-state index < -0.39 is 207 Å². The van der Waals surface area contributed by atoms with Gasteiger partial charge in [0.15, 0.2) is 25.2 Å². The van der Waals surface area contributed by atoms with Crippen LogP contribution in [0.4, 0.5) is 0 Å². The number of aliphatic hydroxyl groups excluding tert-OH is 16. The molecule has 4 heterocycles. The highest BCUT2D eigenvalue weighted by Crippen LogP contribution is 2.75. The van der Waals surface area contributed by atoms with E-state index in [4.69, 9.17) is 37.9 Å². The summed E-state index contributed by atoms with van der Waals surface area (Å²) >= 11 is 0. The lowest BCUT2D eigenvalue weighted by atomic mass is 9.37. The van der Waals surface area contributed by atoms with Crippen molar-refractivity contribution in [1.82, 2.24) is 0 Å². The third-order valence-corrected chi connectivity index (χ3v) is 20.3. The van der Waals surface area contributed by atoms with Crippen LogP contribution in [0, 0.1) is 39.4 Å². The zero-order valence-corrected chi connectivity index (χ0v) is 45.9. The maximum Gasteiger partial charge on any atom is 0.187 e. The normalized spacial score (nSPS) is 52.1. The zero-order valence-electron chi connectivity index (χ0n) is 45.9. The van der Waals surface area contributed by atoms with Crippen molar-refractivity contribution in [3.05, 3.63) is 23.3 Å². The van der Waals surface area contributed by atoms with Crippen LogP contribution in [0.5, 0.6) is 0 Å². The molecule has 4 aliphatic heterocycles. The van der Waals surface area contributed by atoms with E-state index in [-0.39, 0.29) is 12.3 Å². The molecule has 0 aromatic heterocycles. The molecule has 3 saturated carbocycles. The Kier molecular flexibility index (Phi) is 18.9. The first-order chi connectivity index (χ1) is 36.5. The van der Waals surface area contributed by atoms with Gasteiger partial charge in [0.25, 0.3) is 0 Å². The average Bonchev–Trinajstić information content (AvgIpc) is 2.75. The van der Waals surface area contributed by atoms with Crippen LogP contribution in [0.2, 0.25) is 0 Å². The Bertz CT molecular complexity index is 2090. The van der Waals surface area contributed by atoms with Crippen molar-refractivity contribution in [2.24, 2.45) is 39.4 Å². The minimum Gasteiger partial charge on any atom is -0.394 e. The molecule has 30 atom stereocenters. The molecule has 8 aliphatic rings. The van der Waals surface area contributed by atoms with Crippen molar-refractivity contribution in [2.45, 2.75) is 247 Å². The lowest BCUT2D eigenvalue weighted by Crippen LogP contribution is -2.68. The van der Waals surface area contributed by atoms with Crippen LogP contribution in [0.1, 0.15) is 100 Å². The molecule has 7 fully saturated rings. The summed E-state index contributed by atoms with van der Waals surface area (Å²) in [5, 5.41) is 175. The van der Waals surface area contributed by atoms with Crippen molar-refractivity contribution < 1.29 is 120 Å². The molecule has 4 saturated heterocycles. The third kappa shape index (κ3) is 10.6. The second-order valence-electron chi connectivity index (χ2n) is 25.4. The van der Waals surface area contributed by atoms with E-state index in [0.717, 1.165) is 11.1 Å². The first-order valence-electron chi connectivity index (χ1n) is 27.7. The standard InChI is InChI=1S/C54H90O24/c1-22(2)10-9-13-53(7,78-48-44(70)40(66)37(63)28(75-48)21-71-46-42(68)38(64)34(60)25(18-55)72-46)23-11-15-52(6)33(23)24(58)16-30-51(5)14-12-32(50(3,4)29(51)17-31(59)54(30,52)8)76-49-45(41(67)36(62)27(20-57)74-49)77-47-43(69)39(65)35(61)26(19-56)73-47/h10,17,23-28,30-49,55-70H,9,11-16,18-21H2,1-8H3/t23-,24-,25+,26-,27-,28-,30-,31+,32-,33-,34+,35+,36+,37-,38-,39+,40+,41-,42-,43+,44-,45+,46-,47-,48+,49+,51-,52+,53-,54-/m0/s1. The summed E-state index contributed by atoms with van der Waals surface area (Å²) in [6.07, 6.45) is -28.2. The summed E-state index contributed by atoms with van der Waals surface area (Å²) in [6, 6.07) is 0. The van der Waals surface area contributed by atoms with Crippen LogP contribution in [0.3, 0.4) is 0 Å². The number of rotatable bonds is 16. The Hall–Kier alpha value is -1.48. The Morgan fingerprint density at radius 1 is 0.615 bits per heavy atom. The highest BCUT2D eigenvalue weighted by Gasteiger charge is 2.73. The molecule has 24 nitrogen and oxygen atoms in total. The Balaban J connectivity index is 1.05. The molecule has 0 amide bonds. The molecule has 16 N–H and O–H groups in total. The van der Waals surface area contributed by atoms with Gasteiger partial charge in [0.05, 0.1) is 50.3 Å². The molecule has 4 aliphatic carbocycles. The van der Waals surface area contributed by atoms with Gasteiger partial charge in [0.2, 0.25) is 0 Å². The van der Waals surface area contributed by atoms with Gasteiger partial charge in [-0.3, -0.25) is 0 Å². The molecule has 0 spiro atoms. The molecule has 0 aromatic carbocycles. The van der Waals surface area contributed by atoms with E-state index in [1.54, 1.807) is 0 Å². The summed E-state index contributed by atoms with van der Waals surface area (Å²) in [5.74, 6) is -1.20. The maximum absolute atomic E-state index is 12.9. The Labute approximate surface area is 454 Å². The van der Waals surface area contributed by atoms with Gasteiger partial charge in [-0.1, -0.05) is 57.9 Å². The van der Waals surface area contributed by atoms with Gasteiger partial charge in [0.1, 0.15) is 97.7 Å². The number of aliphatic hydroxyl groups is 16. The number of hydrogen-bond acceptors (Lipinski definition) is 24. The quantitative estimate of drug-likeness (QED) is 0.0673. The topological polar surface area (TPSA) is 398 Å². The summed E-state index contributed by atoms with van der Waals surface area (Å²) in [5.41, 5.74) is -2.40. The summed E-state index contributed by atoms with van der Waals surface area (Å²) < 4.78 is 48.6. The molecular formula is C54H90O24. The van der Waals surface area contributed by atoms with Gasteiger partial charge in [-0.25, -0.2) is 0 Å². The minimum atomic E-state index is -1.86. The lowest BCUT2D eigenvalue weighted by molar-refractivity contribution is -0.375. The lowest BCUT2D eigenvalue weighted by Gasteiger charge is -2.69. The molecule has 0 bridgehead atoms. The van der Waals surface area contributed by atoms with Crippen molar-refractivity contribution in [1.29, 1.82) is 0 Å². The average molecular weight is 1120 g/mol. The molecule has 0 aromatic rings. The van der Waals surface area contributed by atoms with Crippen LogP contribution >= 0.6 is 0 Å². The first kappa shape index (κ1) is 62.6. The number of fused-ring (bicyclic) bond motifs is 5. The van der Waals surface area contributed by atoms with Gasteiger partial charge in [-0.05, 0) is 94.3 Å². The fourth-order valence-corrected chi connectivity index (χ4v) is 15.5. The van der Waals surface area contributed by atoms with Crippen LogP contribution in [-0.2, 0) is 37.9 Å². The van der Waals surface area contributed by atoms with E-state index in [1.807, 2.05) is 46.8 Å². The van der Waals surface area contributed by atoms with E-state index in [2.05, 4.69) is 20.8 Å². The van der Waals surface area contributed by atoms with Gasteiger partial charge in [-0.15, -0.1) is 0 Å². The molecule has 0 radical (unpaired) electrons. The maximum atomic E-state index is 12.9. The Morgan fingerprint density at radius 3 is 1.71 bits per heavy atom. The predicted molar refractivity (Wildman–Crippen MR) is 268 cm³/mol. The van der Waals surface area contributed by atoms with Gasteiger partial charge < -0.3 is 120 Å². The van der Waals surface area contributed by atoms with Crippen LogP contribution in [0.25, 0.3) is 0 Å². The highest BCUT2D eigenvalue weighted by atomic mass is 16.8. The predicted octanol–water partition coefficient (Wildman–Crippen LogP) is -3.31. The molecule has 0 unspecified atom stereocenters. The minimum absolute atomic E-state index is 0.275. The summed E-state index contributed by atoms with van der Waals surface area (Å²) in [6.45, 7) is 13.3. The number of ether oxygens (including phenoxy) is 8. The molecular weight excluding hydrogens is 1030 g/mol. The van der Waals surface area contributed by atoms with Crippen molar-refractivity contribution >= 4 is 0 Å². The smallest absolute Gasteiger partial charge is 0.187 e.